The minimum absolute atomic E-state index is 0.185. The molecule has 0 aliphatic rings. The maximum absolute atomic E-state index is 10.8. The van der Waals surface area contributed by atoms with Gasteiger partial charge in [0.15, 0.2) is 0 Å². The van der Waals surface area contributed by atoms with Crippen molar-refractivity contribution in [2.45, 2.75) is 32.3 Å². The number of aliphatic hydroxyl groups excluding tert-OH is 1. The van der Waals surface area contributed by atoms with E-state index in [0.29, 0.717) is 12.8 Å². The number of hydrogen-bond donors (Lipinski definition) is 1. The highest BCUT2D eigenvalue weighted by Crippen LogP contribution is 2.08. The molecule has 5 heteroatoms. The summed E-state index contributed by atoms with van der Waals surface area (Å²) in [5.41, 5.74) is 0. The van der Waals surface area contributed by atoms with E-state index in [2.05, 4.69) is 6.92 Å². The maximum Gasteiger partial charge on any atom is 0.147 e. The van der Waals surface area contributed by atoms with E-state index in [4.69, 9.17) is 0 Å². The molecule has 0 saturated heterocycles. The molecule has 0 bridgehead atoms. The van der Waals surface area contributed by atoms with Crippen molar-refractivity contribution in [1.82, 2.24) is 0 Å². The van der Waals surface area contributed by atoms with Crippen LogP contribution in [0.15, 0.2) is 0 Å². The molecule has 0 radical (unpaired) electrons. The van der Waals surface area contributed by atoms with Gasteiger partial charge in [-0.2, -0.15) is 11.8 Å². The van der Waals surface area contributed by atoms with Gasteiger partial charge in [0.1, 0.15) is 9.84 Å². The van der Waals surface area contributed by atoms with E-state index < -0.39 is 9.84 Å². The second kappa shape index (κ2) is 7.54. The van der Waals surface area contributed by atoms with Crippen LogP contribution < -0.4 is 0 Å². The number of thioether (sulfide) groups is 1. The first kappa shape index (κ1) is 14.3. The molecule has 0 aromatic heterocycles. The third-order valence-corrected chi connectivity index (χ3v) is 3.81. The van der Waals surface area contributed by atoms with Gasteiger partial charge < -0.3 is 5.11 Å². The largest absolute Gasteiger partial charge is 0.393 e. The van der Waals surface area contributed by atoms with E-state index in [1.807, 2.05) is 0 Å². The van der Waals surface area contributed by atoms with Gasteiger partial charge in [-0.1, -0.05) is 6.92 Å². The first-order valence-electron chi connectivity index (χ1n) is 4.89. The molecule has 0 heterocycles. The first-order valence-corrected chi connectivity index (χ1v) is 8.10. The summed E-state index contributed by atoms with van der Waals surface area (Å²) in [7, 11) is -2.86. The van der Waals surface area contributed by atoms with Crippen LogP contribution in [0.2, 0.25) is 0 Å². The van der Waals surface area contributed by atoms with Crippen molar-refractivity contribution < 1.29 is 13.5 Å². The lowest BCUT2D eigenvalue weighted by Gasteiger charge is -2.08. The van der Waals surface area contributed by atoms with Crippen LogP contribution in [0.3, 0.4) is 0 Å². The average Bonchev–Trinajstić information content (AvgIpc) is 2.02. The highest BCUT2D eigenvalue weighted by atomic mass is 32.2. The standard InChI is InChI=1S/C9H20O3S2/c1-3-13-7-6-9(10)5-4-8-14(2,11)12/h9-10H,3-8H2,1-2H3. The van der Waals surface area contributed by atoms with Crippen LogP contribution in [0.5, 0.6) is 0 Å². The fourth-order valence-electron chi connectivity index (χ4n) is 1.09. The lowest BCUT2D eigenvalue weighted by atomic mass is 10.2. The van der Waals surface area contributed by atoms with Crippen LogP contribution in [-0.4, -0.2) is 43.1 Å². The minimum atomic E-state index is -2.86. The van der Waals surface area contributed by atoms with Gasteiger partial charge in [-0.3, -0.25) is 0 Å². The molecule has 1 unspecified atom stereocenters. The molecule has 0 aliphatic carbocycles. The summed E-state index contributed by atoms with van der Waals surface area (Å²) < 4.78 is 21.6. The van der Waals surface area contributed by atoms with Crippen LogP contribution in [0.25, 0.3) is 0 Å². The molecule has 3 nitrogen and oxygen atoms in total. The van der Waals surface area contributed by atoms with E-state index in [0.717, 1.165) is 17.9 Å². The maximum atomic E-state index is 10.8. The minimum Gasteiger partial charge on any atom is -0.393 e. The summed E-state index contributed by atoms with van der Waals surface area (Å²) in [4.78, 5) is 0. The molecule has 1 N–H and O–H groups in total. The fourth-order valence-corrected chi connectivity index (χ4v) is 2.51. The summed E-state index contributed by atoms with van der Waals surface area (Å²) in [6.45, 7) is 2.08. The predicted octanol–water partition coefficient (Wildman–Crippen LogP) is 1.32. The van der Waals surface area contributed by atoms with Gasteiger partial charge in [0.05, 0.1) is 6.10 Å². The van der Waals surface area contributed by atoms with Gasteiger partial charge in [0, 0.05) is 12.0 Å². The van der Waals surface area contributed by atoms with E-state index in [1.54, 1.807) is 11.8 Å². The Morgan fingerprint density at radius 2 is 2.00 bits per heavy atom. The zero-order valence-corrected chi connectivity index (χ0v) is 10.5. The average molecular weight is 240 g/mol. The van der Waals surface area contributed by atoms with Gasteiger partial charge in [-0.25, -0.2) is 8.42 Å². The topological polar surface area (TPSA) is 54.4 Å². The van der Waals surface area contributed by atoms with Crippen LogP contribution in [0.4, 0.5) is 0 Å². The quantitative estimate of drug-likeness (QED) is 0.650. The summed E-state index contributed by atoms with van der Waals surface area (Å²) >= 11 is 1.80. The van der Waals surface area contributed by atoms with Gasteiger partial charge in [-0.15, -0.1) is 0 Å². The van der Waals surface area contributed by atoms with E-state index in [9.17, 15) is 13.5 Å². The Morgan fingerprint density at radius 1 is 1.36 bits per heavy atom. The fraction of sp³-hybridized carbons (Fsp3) is 1.00. The number of hydrogen-bond acceptors (Lipinski definition) is 4. The van der Waals surface area contributed by atoms with Crippen LogP contribution >= 0.6 is 11.8 Å². The van der Waals surface area contributed by atoms with Gasteiger partial charge in [0.25, 0.3) is 0 Å². The van der Waals surface area contributed by atoms with Gasteiger partial charge in [0.2, 0.25) is 0 Å². The van der Waals surface area contributed by atoms with E-state index in [-0.39, 0.29) is 11.9 Å². The molecule has 0 amide bonds. The molecule has 0 aliphatic heterocycles. The van der Waals surface area contributed by atoms with E-state index in [1.165, 1.54) is 6.26 Å². The lowest BCUT2D eigenvalue weighted by Crippen LogP contribution is -2.11. The third-order valence-electron chi connectivity index (χ3n) is 1.85. The molecule has 0 saturated carbocycles. The smallest absolute Gasteiger partial charge is 0.147 e. The Labute approximate surface area is 91.2 Å². The van der Waals surface area contributed by atoms with Crippen molar-refractivity contribution >= 4 is 21.6 Å². The van der Waals surface area contributed by atoms with Crippen LogP contribution in [0.1, 0.15) is 26.2 Å². The first-order chi connectivity index (χ1) is 6.45. The van der Waals surface area contributed by atoms with E-state index >= 15 is 0 Å². The summed E-state index contributed by atoms with van der Waals surface area (Å²) in [5.74, 6) is 2.21. The molecule has 14 heavy (non-hydrogen) atoms. The van der Waals surface area contributed by atoms with Gasteiger partial charge in [-0.05, 0) is 30.8 Å². The molecule has 1 atom stereocenters. The Morgan fingerprint density at radius 3 is 2.50 bits per heavy atom. The molecular weight excluding hydrogens is 220 g/mol. The Kier molecular flexibility index (Phi) is 7.68. The van der Waals surface area contributed by atoms with Gasteiger partial charge >= 0.3 is 0 Å². The SMILES string of the molecule is CCSCCC(O)CCCS(C)(=O)=O. The predicted molar refractivity (Wildman–Crippen MR) is 62.6 cm³/mol. The Hall–Kier alpha value is 0.260. The second-order valence-corrected chi connectivity index (χ2v) is 7.07. The molecular formula is C9H20O3S2. The molecule has 0 aromatic rings. The highest BCUT2D eigenvalue weighted by Gasteiger charge is 2.06. The zero-order valence-electron chi connectivity index (χ0n) is 8.90. The zero-order chi connectivity index (χ0) is 11.0. The lowest BCUT2D eigenvalue weighted by molar-refractivity contribution is 0.161. The van der Waals surface area contributed by atoms with Crippen molar-refractivity contribution in [3.63, 3.8) is 0 Å². The number of rotatable bonds is 8. The van der Waals surface area contributed by atoms with Crippen LogP contribution in [0, 0.1) is 0 Å². The molecule has 0 aromatic carbocycles. The van der Waals surface area contributed by atoms with Crippen molar-refractivity contribution in [2.24, 2.45) is 0 Å². The van der Waals surface area contributed by atoms with Crippen molar-refractivity contribution in [1.29, 1.82) is 0 Å². The number of aliphatic hydroxyl groups is 1. The summed E-state index contributed by atoms with van der Waals surface area (Å²) in [5, 5.41) is 9.46. The second-order valence-electron chi connectivity index (χ2n) is 3.41. The van der Waals surface area contributed by atoms with Crippen molar-refractivity contribution in [2.75, 3.05) is 23.5 Å². The molecule has 0 fully saturated rings. The summed E-state index contributed by atoms with van der Waals surface area (Å²) in [6.07, 6.45) is 2.82. The summed E-state index contributed by atoms with van der Waals surface area (Å²) in [6, 6.07) is 0. The van der Waals surface area contributed by atoms with Crippen molar-refractivity contribution in [3.05, 3.63) is 0 Å². The third kappa shape index (κ3) is 10.3. The molecule has 0 rings (SSSR count). The monoisotopic (exact) mass is 240 g/mol. The Balaban J connectivity index is 3.40. The Bertz CT molecular complexity index is 224. The number of sulfone groups is 1. The van der Waals surface area contributed by atoms with Crippen molar-refractivity contribution in [3.8, 4) is 0 Å². The normalized spacial score (nSPS) is 14.2. The molecule has 86 valence electrons. The highest BCUT2D eigenvalue weighted by molar-refractivity contribution is 7.99. The molecule has 0 spiro atoms. The van der Waals surface area contributed by atoms with Crippen LogP contribution in [-0.2, 0) is 9.84 Å².